The van der Waals surface area contributed by atoms with Crippen molar-refractivity contribution in [3.63, 3.8) is 0 Å². The molecule has 9 aromatic rings. The van der Waals surface area contributed by atoms with Crippen molar-refractivity contribution in [1.82, 2.24) is 4.40 Å². The monoisotopic (exact) mass is 657 g/mol. The maximum Gasteiger partial charge on any atom is 0.0695 e. The third-order valence-electron chi connectivity index (χ3n) is 9.95. The van der Waals surface area contributed by atoms with Crippen LogP contribution in [0.15, 0.2) is 173 Å². The summed E-state index contributed by atoms with van der Waals surface area (Å²) in [6.07, 6.45) is 1.75. The van der Waals surface area contributed by atoms with Gasteiger partial charge >= 0.3 is 0 Å². The summed E-state index contributed by atoms with van der Waals surface area (Å²) in [5.41, 5.74) is 13.5. The van der Waals surface area contributed by atoms with Crippen molar-refractivity contribution in [2.45, 2.75) is 27.3 Å². The third-order valence-corrected chi connectivity index (χ3v) is 9.95. The molecular formula is C48H39N3. The number of aliphatic imine (C=N–C) groups is 2. The largest absolute Gasteiger partial charge is 0.307 e. The summed E-state index contributed by atoms with van der Waals surface area (Å²) >= 11 is 0. The highest BCUT2D eigenvalue weighted by atomic mass is 14.9. The Kier molecular flexibility index (Phi) is 8.47. The van der Waals surface area contributed by atoms with Crippen molar-refractivity contribution < 1.29 is 0 Å². The standard InChI is InChI=1S/C30H21N.C18H18N2/c1-18-8-3-4-9-21(18)26-17-27-20(16-19(26)2)14-15-25-24-12-7-11-23-22-10-5-6-13-28(22)31(29(23)24)30(25)27;1-15(13-19-2)18(17-11-7-4-8-12-17)20-14-16-9-5-3-6-10-16/h3-17H,1-2H3;3-13H,2,14H2,1H3/b;15-13-,20-18?. The molecule has 0 unspecified atom stereocenters. The predicted molar refractivity (Wildman–Crippen MR) is 220 cm³/mol. The molecular weight excluding hydrogens is 619 g/mol. The normalized spacial score (nSPS) is 12.2. The molecule has 0 saturated carbocycles. The maximum absolute atomic E-state index is 4.74. The van der Waals surface area contributed by atoms with E-state index in [1.807, 2.05) is 43.3 Å². The molecule has 0 aliphatic heterocycles. The lowest BCUT2D eigenvalue weighted by Gasteiger charge is -2.12. The van der Waals surface area contributed by atoms with E-state index in [-0.39, 0.29) is 0 Å². The van der Waals surface area contributed by atoms with Crippen LogP contribution >= 0.6 is 0 Å². The lowest BCUT2D eigenvalue weighted by Crippen LogP contribution is -2.03. The van der Waals surface area contributed by atoms with Gasteiger partial charge in [-0.3, -0.25) is 9.98 Å². The molecule has 0 radical (unpaired) electrons. The highest BCUT2D eigenvalue weighted by Gasteiger charge is 2.19. The Morgan fingerprint density at radius 1 is 0.588 bits per heavy atom. The fourth-order valence-corrected chi connectivity index (χ4v) is 7.55. The van der Waals surface area contributed by atoms with Crippen LogP contribution in [0, 0.1) is 13.8 Å². The zero-order chi connectivity index (χ0) is 34.9. The van der Waals surface area contributed by atoms with E-state index in [4.69, 9.17) is 4.99 Å². The van der Waals surface area contributed by atoms with Gasteiger partial charge in [0.25, 0.3) is 0 Å². The number of nitrogens with zero attached hydrogens (tertiary/aromatic N) is 3. The Hall–Kier alpha value is -6.32. The molecule has 3 heteroatoms. The molecule has 9 rings (SSSR count). The van der Waals surface area contributed by atoms with Gasteiger partial charge in [-0.05, 0) is 84.0 Å². The number of para-hydroxylation sites is 2. The van der Waals surface area contributed by atoms with E-state index in [0.29, 0.717) is 6.54 Å². The molecule has 0 fully saturated rings. The molecule has 0 aliphatic carbocycles. The lowest BCUT2D eigenvalue weighted by atomic mass is 9.93. The molecule has 2 aromatic heterocycles. The number of aromatic nitrogens is 1. The van der Waals surface area contributed by atoms with Gasteiger partial charge in [-0.2, -0.15) is 0 Å². The van der Waals surface area contributed by atoms with Gasteiger partial charge < -0.3 is 4.40 Å². The first-order chi connectivity index (χ1) is 25.0. The molecule has 0 bridgehead atoms. The third kappa shape index (κ3) is 5.77. The van der Waals surface area contributed by atoms with Gasteiger partial charge in [-0.15, -0.1) is 0 Å². The molecule has 51 heavy (non-hydrogen) atoms. The van der Waals surface area contributed by atoms with Gasteiger partial charge in [-0.1, -0.05) is 140 Å². The first kappa shape index (κ1) is 31.9. The van der Waals surface area contributed by atoms with Crippen molar-refractivity contribution >= 4 is 61.3 Å². The summed E-state index contributed by atoms with van der Waals surface area (Å²) in [6.45, 7) is 10.6. The summed E-state index contributed by atoms with van der Waals surface area (Å²) in [7, 11) is 0. The second-order valence-corrected chi connectivity index (χ2v) is 13.2. The predicted octanol–water partition coefficient (Wildman–Crippen LogP) is 12.6. The number of hydrogen-bond donors (Lipinski definition) is 0. The fraction of sp³-hybridized carbons (Fsp3) is 0.0833. The molecule has 0 spiro atoms. The molecule has 0 aliphatic rings. The van der Waals surface area contributed by atoms with Gasteiger partial charge in [0.15, 0.2) is 0 Å². The van der Waals surface area contributed by atoms with Crippen LogP contribution in [-0.2, 0) is 6.54 Å². The van der Waals surface area contributed by atoms with Gasteiger partial charge in [-0.25, -0.2) is 0 Å². The van der Waals surface area contributed by atoms with Crippen molar-refractivity contribution in [2.75, 3.05) is 0 Å². The van der Waals surface area contributed by atoms with Crippen molar-refractivity contribution in [2.24, 2.45) is 9.98 Å². The Bertz CT molecular complexity index is 2750. The van der Waals surface area contributed by atoms with Gasteiger partial charge in [0, 0.05) is 33.1 Å². The van der Waals surface area contributed by atoms with E-state index in [1.54, 1.807) is 6.20 Å². The fourth-order valence-electron chi connectivity index (χ4n) is 7.55. The number of allylic oxidation sites excluding steroid dienone is 1. The Morgan fingerprint density at radius 2 is 1.22 bits per heavy atom. The minimum Gasteiger partial charge on any atom is -0.307 e. The SMILES string of the molecule is C=N/C=C(/C)C(=NCc1ccccc1)c1ccccc1.Cc1ccccc1-c1cc2c(ccc3c4cccc5c6ccccc6n(c23)c54)cc1C. The van der Waals surface area contributed by atoms with Crippen LogP contribution in [0.2, 0.25) is 0 Å². The molecule has 3 nitrogen and oxygen atoms in total. The Morgan fingerprint density at radius 3 is 1.98 bits per heavy atom. The van der Waals surface area contributed by atoms with E-state index in [2.05, 4.69) is 145 Å². The van der Waals surface area contributed by atoms with Crippen LogP contribution in [0.25, 0.3) is 60.0 Å². The van der Waals surface area contributed by atoms with Crippen LogP contribution in [0.5, 0.6) is 0 Å². The van der Waals surface area contributed by atoms with Gasteiger partial charge in [0.1, 0.15) is 0 Å². The van der Waals surface area contributed by atoms with Gasteiger partial charge in [0.05, 0.1) is 28.8 Å². The van der Waals surface area contributed by atoms with E-state index < -0.39 is 0 Å². The van der Waals surface area contributed by atoms with Crippen LogP contribution in [0.4, 0.5) is 0 Å². The molecule has 0 saturated heterocycles. The smallest absolute Gasteiger partial charge is 0.0695 e. The summed E-state index contributed by atoms with van der Waals surface area (Å²) in [6, 6.07) is 54.0. The Balaban J connectivity index is 0.000000163. The van der Waals surface area contributed by atoms with Crippen LogP contribution in [-0.4, -0.2) is 16.8 Å². The van der Waals surface area contributed by atoms with E-state index >= 15 is 0 Å². The van der Waals surface area contributed by atoms with Crippen molar-refractivity contribution in [3.05, 3.63) is 186 Å². The summed E-state index contributed by atoms with van der Waals surface area (Å²) in [5.74, 6) is 0. The summed E-state index contributed by atoms with van der Waals surface area (Å²) < 4.78 is 2.49. The maximum atomic E-state index is 4.74. The first-order valence-electron chi connectivity index (χ1n) is 17.5. The molecule has 7 aromatic carbocycles. The second kappa shape index (κ2) is 13.5. The number of rotatable bonds is 6. The van der Waals surface area contributed by atoms with Crippen molar-refractivity contribution in [1.29, 1.82) is 0 Å². The van der Waals surface area contributed by atoms with Crippen LogP contribution in [0.3, 0.4) is 0 Å². The van der Waals surface area contributed by atoms with E-state index in [0.717, 1.165) is 16.8 Å². The minimum absolute atomic E-state index is 0.660. The first-order valence-corrected chi connectivity index (χ1v) is 17.5. The highest BCUT2D eigenvalue weighted by molar-refractivity contribution is 6.27. The van der Waals surface area contributed by atoms with Crippen molar-refractivity contribution in [3.8, 4) is 11.1 Å². The van der Waals surface area contributed by atoms with Gasteiger partial charge in [0.2, 0.25) is 0 Å². The summed E-state index contributed by atoms with van der Waals surface area (Å²) in [4.78, 5) is 8.59. The summed E-state index contributed by atoms with van der Waals surface area (Å²) in [5, 5.41) is 7.95. The average molecular weight is 658 g/mol. The zero-order valence-corrected chi connectivity index (χ0v) is 29.3. The molecule has 0 amide bonds. The highest BCUT2D eigenvalue weighted by Crippen LogP contribution is 2.42. The topological polar surface area (TPSA) is 29.1 Å². The number of hydrogen-bond acceptors (Lipinski definition) is 2. The lowest BCUT2D eigenvalue weighted by molar-refractivity contribution is 1.06. The molecule has 246 valence electrons. The average Bonchev–Trinajstić information content (AvgIpc) is 3.69. The van der Waals surface area contributed by atoms with E-state index in [1.165, 1.54) is 76.7 Å². The van der Waals surface area contributed by atoms with Crippen LogP contribution < -0.4 is 0 Å². The quantitative estimate of drug-likeness (QED) is 0.159. The number of fused-ring (bicyclic) bond motifs is 8. The Labute approximate surface area is 298 Å². The molecule has 0 N–H and O–H groups in total. The molecule has 2 heterocycles. The number of aryl methyl sites for hydroxylation is 2. The van der Waals surface area contributed by atoms with Crippen LogP contribution in [0.1, 0.15) is 29.2 Å². The molecule has 0 atom stereocenters. The second-order valence-electron chi connectivity index (χ2n) is 13.2. The number of benzene rings is 7. The zero-order valence-electron chi connectivity index (χ0n) is 29.3. The minimum atomic E-state index is 0.660. The van der Waals surface area contributed by atoms with E-state index in [9.17, 15) is 0 Å².